The molecule has 1 saturated heterocycles. The van der Waals surface area contributed by atoms with E-state index in [1.807, 2.05) is 12.1 Å². The third kappa shape index (κ3) is 4.40. The maximum Gasteiger partial charge on any atom is 0.256 e. The second kappa shape index (κ2) is 8.51. The minimum atomic E-state index is -0.262. The highest BCUT2D eigenvalue weighted by molar-refractivity contribution is 6.03. The van der Waals surface area contributed by atoms with Crippen LogP contribution in [0, 0.1) is 0 Å². The number of carbonyl (C=O) groups is 1. The van der Waals surface area contributed by atoms with Crippen LogP contribution in [0.2, 0.25) is 0 Å². The second-order valence-electron chi connectivity index (χ2n) is 6.49. The number of anilines is 3. The quantitative estimate of drug-likeness (QED) is 0.704. The number of hydrogen-bond acceptors (Lipinski definition) is 8. The Bertz CT molecular complexity index is 958. The van der Waals surface area contributed by atoms with Crippen molar-refractivity contribution in [3.8, 4) is 5.75 Å². The molecule has 1 N–H and O–H groups in total. The Hall–Kier alpha value is -3.75. The lowest BCUT2D eigenvalue weighted by Gasteiger charge is -2.35. The van der Waals surface area contributed by atoms with E-state index < -0.39 is 0 Å². The van der Waals surface area contributed by atoms with Gasteiger partial charge in [0.05, 0.1) is 7.11 Å². The molecule has 3 aromatic rings. The van der Waals surface area contributed by atoms with Gasteiger partial charge in [-0.25, -0.2) is 9.97 Å². The number of ether oxygens (including phenoxy) is 1. The van der Waals surface area contributed by atoms with E-state index in [0.29, 0.717) is 17.1 Å². The lowest BCUT2D eigenvalue weighted by atomic mass is 10.2. The number of benzene rings is 1. The van der Waals surface area contributed by atoms with Crippen molar-refractivity contribution < 1.29 is 9.53 Å². The predicted octanol–water partition coefficient (Wildman–Crippen LogP) is 1.85. The Morgan fingerprint density at radius 3 is 2.41 bits per heavy atom. The maximum atomic E-state index is 12.4. The normalized spacial score (nSPS) is 13.8. The van der Waals surface area contributed by atoms with Crippen LogP contribution in [0.5, 0.6) is 5.75 Å². The van der Waals surface area contributed by atoms with Crippen LogP contribution in [0.15, 0.2) is 54.9 Å². The van der Waals surface area contributed by atoms with E-state index in [4.69, 9.17) is 4.74 Å². The molecule has 0 spiro atoms. The molecule has 1 fully saturated rings. The van der Waals surface area contributed by atoms with Crippen LogP contribution in [0.25, 0.3) is 0 Å². The van der Waals surface area contributed by atoms with Crippen LogP contribution in [0.1, 0.15) is 10.4 Å². The fourth-order valence-electron chi connectivity index (χ4n) is 3.10. The summed E-state index contributed by atoms with van der Waals surface area (Å²) >= 11 is 0. The van der Waals surface area contributed by atoms with Crippen molar-refractivity contribution in [1.82, 2.24) is 20.2 Å². The van der Waals surface area contributed by atoms with E-state index in [1.165, 1.54) is 0 Å². The van der Waals surface area contributed by atoms with Gasteiger partial charge in [-0.2, -0.15) is 0 Å². The Morgan fingerprint density at radius 2 is 1.72 bits per heavy atom. The van der Waals surface area contributed by atoms with Gasteiger partial charge in [0.1, 0.15) is 5.75 Å². The molecule has 0 radical (unpaired) electrons. The number of piperazine rings is 1. The Labute approximate surface area is 168 Å². The number of nitrogens with one attached hydrogen (secondary N) is 1. The fraction of sp³-hybridized carbons (Fsp3) is 0.250. The van der Waals surface area contributed by atoms with Gasteiger partial charge < -0.3 is 19.9 Å². The number of carbonyl (C=O) groups excluding carboxylic acids is 1. The van der Waals surface area contributed by atoms with Crippen LogP contribution in [0.3, 0.4) is 0 Å². The van der Waals surface area contributed by atoms with E-state index in [2.05, 4.69) is 35.3 Å². The smallest absolute Gasteiger partial charge is 0.256 e. The third-order valence-corrected chi connectivity index (χ3v) is 4.66. The lowest BCUT2D eigenvalue weighted by Crippen LogP contribution is -2.47. The van der Waals surface area contributed by atoms with Crippen LogP contribution in [-0.2, 0) is 0 Å². The average molecular weight is 391 g/mol. The highest BCUT2D eigenvalue weighted by Crippen LogP contribution is 2.18. The number of rotatable bonds is 5. The van der Waals surface area contributed by atoms with Crippen LogP contribution in [0.4, 0.5) is 17.6 Å². The standard InChI is InChI=1S/C20H21N7O2/c1-29-16-5-2-4-15(14-16)19(28)23-17-6-7-18(25-24-17)26-10-12-27(13-11-26)20-21-8-3-9-22-20/h2-9,14H,10-13H2,1H3,(H,23,24,28). The fourth-order valence-corrected chi connectivity index (χ4v) is 3.10. The molecule has 3 heterocycles. The molecule has 1 aromatic carbocycles. The highest BCUT2D eigenvalue weighted by Gasteiger charge is 2.20. The van der Waals surface area contributed by atoms with E-state index in [1.54, 1.807) is 49.8 Å². The van der Waals surface area contributed by atoms with Gasteiger partial charge in [0.25, 0.3) is 5.91 Å². The van der Waals surface area contributed by atoms with Crippen LogP contribution in [-0.4, -0.2) is 59.4 Å². The molecule has 148 valence electrons. The molecule has 0 aliphatic carbocycles. The topological polar surface area (TPSA) is 96.4 Å². The zero-order chi connectivity index (χ0) is 20.1. The molecule has 0 unspecified atom stereocenters. The largest absolute Gasteiger partial charge is 0.497 e. The first kappa shape index (κ1) is 18.6. The molecule has 1 aliphatic heterocycles. The van der Waals surface area contributed by atoms with Crippen molar-refractivity contribution in [3.63, 3.8) is 0 Å². The second-order valence-corrected chi connectivity index (χ2v) is 6.49. The van der Waals surface area contributed by atoms with Crippen LogP contribution < -0.4 is 19.9 Å². The monoisotopic (exact) mass is 391 g/mol. The summed E-state index contributed by atoms with van der Waals surface area (Å²) in [6, 6.07) is 12.4. The summed E-state index contributed by atoms with van der Waals surface area (Å²) in [5.41, 5.74) is 0.495. The first-order valence-corrected chi connectivity index (χ1v) is 9.29. The van der Waals surface area contributed by atoms with E-state index in [9.17, 15) is 4.79 Å². The number of hydrogen-bond donors (Lipinski definition) is 1. The van der Waals surface area contributed by atoms with Gasteiger partial charge in [-0.05, 0) is 36.4 Å². The summed E-state index contributed by atoms with van der Waals surface area (Å²) in [6.45, 7) is 3.20. The van der Waals surface area contributed by atoms with Gasteiger partial charge in [0, 0.05) is 44.1 Å². The number of aromatic nitrogens is 4. The molecule has 9 nitrogen and oxygen atoms in total. The summed E-state index contributed by atoms with van der Waals surface area (Å²) in [7, 11) is 1.56. The predicted molar refractivity (Wildman–Crippen MR) is 109 cm³/mol. The number of methoxy groups -OCH3 is 1. The third-order valence-electron chi connectivity index (χ3n) is 4.66. The van der Waals surface area contributed by atoms with Gasteiger partial charge in [-0.1, -0.05) is 6.07 Å². The number of nitrogens with zero attached hydrogens (tertiary/aromatic N) is 6. The highest BCUT2D eigenvalue weighted by atomic mass is 16.5. The van der Waals surface area contributed by atoms with Crippen molar-refractivity contribution in [1.29, 1.82) is 0 Å². The van der Waals surface area contributed by atoms with Gasteiger partial charge >= 0.3 is 0 Å². The summed E-state index contributed by atoms with van der Waals surface area (Å²) in [5, 5.41) is 11.2. The summed E-state index contributed by atoms with van der Waals surface area (Å²) in [4.78, 5) is 25.3. The Balaban J connectivity index is 1.35. The lowest BCUT2D eigenvalue weighted by molar-refractivity contribution is 0.102. The van der Waals surface area contributed by atoms with Crippen molar-refractivity contribution in [2.75, 3.05) is 48.4 Å². The first-order chi connectivity index (χ1) is 14.2. The van der Waals surface area contributed by atoms with Gasteiger partial charge in [0.15, 0.2) is 11.6 Å². The van der Waals surface area contributed by atoms with Gasteiger partial charge in [-0.3, -0.25) is 4.79 Å². The molecular weight excluding hydrogens is 370 g/mol. The van der Waals surface area contributed by atoms with Crippen molar-refractivity contribution in [2.24, 2.45) is 0 Å². The zero-order valence-corrected chi connectivity index (χ0v) is 16.0. The average Bonchev–Trinajstić information content (AvgIpc) is 2.80. The first-order valence-electron chi connectivity index (χ1n) is 9.29. The molecule has 29 heavy (non-hydrogen) atoms. The van der Waals surface area contributed by atoms with Gasteiger partial charge in [0.2, 0.25) is 5.95 Å². The molecule has 2 aromatic heterocycles. The molecule has 1 aliphatic rings. The summed E-state index contributed by atoms with van der Waals surface area (Å²) in [6.07, 6.45) is 3.50. The molecule has 4 rings (SSSR count). The molecule has 1 amide bonds. The van der Waals surface area contributed by atoms with E-state index in [-0.39, 0.29) is 5.91 Å². The minimum absolute atomic E-state index is 0.262. The van der Waals surface area contributed by atoms with Crippen molar-refractivity contribution >= 4 is 23.5 Å². The SMILES string of the molecule is COc1cccc(C(=O)Nc2ccc(N3CCN(c4ncccn4)CC3)nn2)c1. The Kier molecular flexibility index (Phi) is 5.46. The molecule has 0 bridgehead atoms. The molecule has 0 saturated carbocycles. The molecule has 0 atom stereocenters. The summed E-state index contributed by atoms with van der Waals surface area (Å²) in [5.74, 6) is 2.28. The molecule has 9 heteroatoms. The van der Waals surface area contributed by atoms with Crippen LogP contribution >= 0.6 is 0 Å². The zero-order valence-electron chi connectivity index (χ0n) is 16.0. The number of amides is 1. The van der Waals surface area contributed by atoms with E-state index in [0.717, 1.165) is 37.9 Å². The molecular formula is C20H21N7O2. The van der Waals surface area contributed by atoms with E-state index >= 15 is 0 Å². The summed E-state index contributed by atoms with van der Waals surface area (Å²) < 4.78 is 5.15. The minimum Gasteiger partial charge on any atom is -0.497 e. The van der Waals surface area contributed by atoms with Gasteiger partial charge in [-0.15, -0.1) is 10.2 Å². The van der Waals surface area contributed by atoms with Crippen molar-refractivity contribution in [2.45, 2.75) is 0 Å². The van der Waals surface area contributed by atoms with Crippen molar-refractivity contribution in [3.05, 3.63) is 60.4 Å². The Morgan fingerprint density at radius 1 is 0.966 bits per heavy atom. The maximum absolute atomic E-state index is 12.4.